The number of nitro groups is 2. The van der Waals surface area contributed by atoms with Gasteiger partial charge in [-0.2, -0.15) is 0 Å². The molecule has 0 amide bonds. The first-order chi connectivity index (χ1) is 36.0. The van der Waals surface area contributed by atoms with Crippen molar-refractivity contribution >= 4 is 109 Å². The van der Waals surface area contributed by atoms with E-state index in [0.717, 1.165) is 23.7 Å². The molecule has 0 unspecified atom stereocenters. The van der Waals surface area contributed by atoms with Gasteiger partial charge in [-0.3, -0.25) is 39.4 Å². The fourth-order valence-electron chi connectivity index (χ4n) is 7.21. The first kappa shape index (κ1) is 63.8. The topological polar surface area (TPSA) is 355 Å². The Morgan fingerprint density at radius 1 is 0.408 bits per heavy atom. The number of ether oxygens (including phenoxy) is 2. The number of nitrogens with zero attached hydrogens (tertiary/aromatic N) is 2. The van der Waals surface area contributed by atoms with E-state index in [4.69, 9.17) is 34.6 Å². The summed E-state index contributed by atoms with van der Waals surface area (Å²) >= 11 is 0. The number of nitro benzene ring substituents is 2. The average Bonchev–Trinajstić information content (AvgIpc) is 3.39. The molecule has 0 saturated heterocycles. The molecular formula is C49H60B6N2O19. The number of ketones is 4. The fourth-order valence-corrected chi connectivity index (χ4v) is 7.21. The molecule has 0 aromatic heterocycles. The molecule has 0 spiro atoms. The zero-order chi connectivity index (χ0) is 56.5. The van der Waals surface area contributed by atoms with Crippen molar-refractivity contribution < 1.29 is 83.7 Å². The Hall–Kier alpha value is -6.47. The minimum absolute atomic E-state index is 0.0246. The van der Waals surface area contributed by atoms with Gasteiger partial charge in [-0.15, -0.1) is 0 Å². The highest BCUT2D eigenvalue weighted by atomic mass is 16.6. The average molecular weight is 1050 g/mol. The number of rotatable bonds is 28. The summed E-state index contributed by atoms with van der Waals surface area (Å²) in [7, 11) is -5.04. The third kappa shape index (κ3) is 21.6. The van der Waals surface area contributed by atoms with E-state index in [1.165, 1.54) is 37.2 Å². The highest BCUT2D eigenvalue weighted by Crippen LogP contribution is 2.17. The number of benzene rings is 5. The maximum absolute atomic E-state index is 12.3. The lowest BCUT2D eigenvalue weighted by molar-refractivity contribution is -0.383. The van der Waals surface area contributed by atoms with Crippen molar-refractivity contribution in [1.29, 1.82) is 0 Å². The monoisotopic (exact) mass is 1050 g/mol. The third-order valence-corrected chi connectivity index (χ3v) is 11.5. The van der Waals surface area contributed by atoms with Crippen LogP contribution in [-0.2, 0) is 9.47 Å². The minimum Gasteiger partial charge on any atom is -0.447 e. The Kier molecular flexibility index (Phi) is 27.6. The van der Waals surface area contributed by atoms with Crippen LogP contribution < -0.4 is 32.8 Å². The van der Waals surface area contributed by atoms with E-state index in [1.807, 2.05) is 0 Å². The molecule has 21 nitrogen and oxygen atoms in total. The second-order valence-electron chi connectivity index (χ2n) is 17.5. The number of carbonyl (C=O) groups excluding carboxylic acids is 4. The summed E-state index contributed by atoms with van der Waals surface area (Å²) < 4.78 is 10.9. The Morgan fingerprint density at radius 2 is 0.750 bits per heavy atom. The van der Waals surface area contributed by atoms with E-state index in [9.17, 15) is 59.5 Å². The number of hydrogen-bond donors (Lipinski definition) is 9. The van der Waals surface area contributed by atoms with Crippen LogP contribution in [0, 0.1) is 20.2 Å². The standard InChI is InChI=1S/C21H24B2N2O10.C21H26B2O6.C7H10B2O3/c1-22(28)16-8-6-14(12-18(16)24(31)32)20(26)4-2-10-35-11-3-5-21(27)15-7-9-17(23(29)30)19(13-15)25(33)34;1-22(26)18-10-6-16(7-11-18)20(24)4-2-14-29-15-3-5-21(25)17-8-12-19(13-9-17)23(27)28;1-8(10)6-3-2-4-7(5-6)9(11)12/h6-9,12-13,28-30H,2-5,10-11H2,1H3;6-13,26-28H,2-5,14-15H2,1H3;2-5,10-12H,1H3. The first-order valence-corrected chi connectivity index (χ1v) is 24.3. The van der Waals surface area contributed by atoms with Gasteiger partial charge in [0.15, 0.2) is 23.1 Å². The van der Waals surface area contributed by atoms with E-state index in [0.29, 0.717) is 79.3 Å². The number of hydrogen-bond acceptors (Lipinski definition) is 19. The van der Waals surface area contributed by atoms with Gasteiger partial charge in [0.25, 0.3) is 11.4 Å². The molecular weight excluding hydrogens is 985 g/mol. The van der Waals surface area contributed by atoms with Crippen LogP contribution in [0.2, 0.25) is 20.5 Å². The molecule has 76 heavy (non-hydrogen) atoms. The second-order valence-corrected chi connectivity index (χ2v) is 17.5. The van der Waals surface area contributed by atoms with Gasteiger partial charge in [0.2, 0.25) is 0 Å². The predicted molar refractivity (Wildman–Crippen MR) is 291 cm³/mol. The number of carbonyl (C=O) groups is 4. The van der Waals surface area contributed by atoms with Crippen molar-refractivity contribution in [2.75, 3.05) is 26.4 Å². The Bertz CT molecular complexity index is 2520. The summed E-state index contributed by atoms with van der Waals surface area (Å²) in [4.78, 5) is 69.6. The molecule has 398 valence electrons. The Labute approximate surface area is 441 Å². The van der Waals surface area contributed by atoms with Crippen LogP contribution in [0.3, 0.4) is 0 Å². The second kappa shape index (κ2) is 32.9. The van der Waals surface area contributed by atoms with E-state index >= 15 is 0 Å². The number of Topliss-reactive ketones (excluding diaryl/α,β-unsaturated/α-hetero) is 4. The molecule has 0 saturated carbocycles. The lowest BCUT2D eigenvalue weighted by Gasteiger charge is -2.07. The quantitative estimate of drug-likeness (QED) is 0.0102. The molecule has 0 fully saturated rings. The Morgan fingerprint density at radius 3 is 1.11 bits per heavy atom. The van der Waals surface area contributed by atoms with Crippen molar-refractivity contribution in [2.24, 2.45) is 0 Å². The zero-order valence-corrected chi connectivity index (χ0v) is 42.3. The van der Waals surface area contributed by atoms with Crippen molar-refractivity contribution in [3.63, 3.8) is 0 Å². The predicted octanol–water partition coefficient (Wildman–Crippen LogP) is -0.337. The van der Waals surface area contributed by atoms with Crippen LogP contribution in [0.15, 0.2) is 109 Å². The maximum atomic E-state index is 12.3. The van der Waals surface area contributed by atoms with E-state index in [1.54, 1.807) is 74.3 Å². The van der Waals surface area contributed by atoms with Gasteiger partial charge in [-0.25, -0.2) is 0 Å². The van der Waals surface area contributed by atoms with Gasteiger partial charge in [0, 0.05) is 92.0 Å². The SMILES string of the molecule is CB(O)c1ccc(C(=O)CCCOCCCC(=O)c2ccc(B(O)O)c([N+](=O)[O-])c2)cc1[N+](=O)[O-].CB(O)c1ccc(C(=O)CCCOCCCC(=O)c2ccc(B(O)O)cc2)cc1.CB(O)c1cccc(B(O)O)c1. The summed E-state index contributed by atoms with van der Waals surface area (Å²) in [5, 5.41) is 105. The van der Waals surface area contributed by atoms with Gasteiger partial charge in [0.05, 0.1) is 15.3 Å². The molecule has 0 heterocycles. The summed E-state index contributed by atoms with van der Waals surface area (Å²) in [5.74, 6) is -0.657. The summed E-state index contributed by atoms with van der Waals surface area (Å²) in [6.07, 6.45) is 2.75. The van der Waals surface area contributed by atoms with Gasteiger partial charge in [-0.1, -0.05) is 118 Å². The van der Waals surface area contributed by atoms with E-state index in [-0.39, 0.29) is 76.9 Å². The van der Waals surface area contributed by atoms with Gasteiger partial charge < -0.3 is 54.7 Å². The lowest BCUT2D eigenvalue weighted by atomic mass is 9.62. The van der Waals surface area contributed by atoms with Crippen molar-refractivity contribution in [3.8, 4) is 0 Å². The van der Waals surface area contributed by atoms with Crippen LogP contribution in [0.5, 0.6) is 0 Å². The maximum Gasteiger partial charge on any atom is 0.495 e. The van der Waals surface area contributed by atoms with Gasteiger partial charge >= 0.3 is 42.1 Å². The smallest absolute Gasteiger partial charge is 0.447 e. The summed E-state index contributed by atoms with van der Waals surface area (Å²) in [6, 6.07) is 27.1. The molecule has 27 heteroatoms. The van der Waals surface area contributed by atoms with Crippen LogP contribution in [-0.4, -0.2) is 147 Å². The summed E-state index contributed by atoms with van der Waals surface area (Å²) in [5.41, 5.74) is 2.54. The van der Waals surface area contributed by atoms with Crippen molar-refractivity contribution in [1.82, 2.24) is 0 Å². The van der Waals surface area contributed by atoms with Gasteiger partial charge in [-0.05, 0) is 47.5 Å². The molecule has 0 aliphatic heterocycles. The highest BCUT2D eigenvalue weighted by molar-refractivity contribution is 6.67. The fraction of sp³-hybridized carbons (Fsp3) is 0.306. The van der Waals surface area contributed by atoms with Crippen molar-refractivity contribution in [2.45, 2.75) is 71.8 Å². The molecule has 0 aliphatic carbocycles. The molecule has 0 atom stereocenters. The molecule has 9 N–H and O–H groups in total. The molecule has 5 aromatic carbocycles. The summed E-state index contributed by atoms with van der Waals surface area (Å²) in [6.45, 7) is 3.87. The van der Waals surface area contributed by atoms with Gasteiger partial charge in [0.1, 0.15) is 0 Å². The van der Waals surface area contributed by atoms with Crippen molar-refractivity contribution in [3.05, 3.63) is 152 Å². The van der Waals surface area contributed by atoms with E-state index in [2.05, 4.69) is 0 Å². The minimum atomic E-state index is -2.03. The molecule has 0 radical (unpaired) electrons. The van der Waals surface area contributed by atoms with Crippen LogP contribution >= 0.6 is 0 Å². The highest BCUT2D eigenvalue weighted by Gasteiger charge is 2.26. The third-order valence-electron chi connectivity index (χ3n) is 11.5. The largest absolute Gasteiger partial charge is 0.495 e. The van der Waals surface area contributed by atoms with E-state index < -0.39 is 57.6 Å². The van der Waals surface area contributed by atoms with Crippen LogP contribution in [0.4, 0.5) is 11.4 Å². The Balaban J connectivity index is 0.000000332. The molecule has 0 bridgehead atoms. The zero-order valence-electron chi connectivity index (χ0n) is 42.3. The van der Waals surface area contributed by atoms with Crippen LogP contribution in [0.25, 0.3) is 0 Å². The normalized spacial score (nSPS) is 10.5. The van der Waals surface area contributed by atoms with Crippen LogP contribution in [0.1, 0.15) is 92.8 Å². The lowest BCUT2D eigenvalue weighted by Crippen LogP contribution is -2.36. The first-order valence-electron chi connectivity index (χ1n) is 24.3. The molecule has 5 rings (SSSR count). The molecule has 0 aliphatic rings. The molecule has 5 aromatic rings.